The topological polar surface area (TPSA) is 29.5 Å². The van der Waals surface area contributed by atoms with Crippen molar-refractivity contribution in [2.75, 3.05) is 18.9 Å². The molecule has 2 aromatic carbocycles. The second kappa shape index (κ2) is 8.39. The maximum absolute atomic E-state index is 13.5. The fraction of sp³-hybridized carbons (Fsp3) is 0.350. The van der Waals surface area contributed by atoms with Gasteiger partial charge in [0.25, 0.3) is 5.91 Å². The number of benzene rings is 2. The zero-order valence-corrected chi connectivity index (χ0v) is 15.1. The van der Waals surface area contributed by atoms with E-state index in [-0.39, 0.29) is 17.1 Å². The predicted octanol–water partition coefficient (Wildman–Crippen LogP) is 4.89. The van der Waals surface area contributed by atoms with E-state index in [1.807, 2.05) is 23.1 Å². The number of rotatable bonds is 6. The van der Waals surface area contributed by atoms with Crippen LogP contribution in [0.3, 0.4) is 0 Å². The standard InChI is InChI=1S/C20H22FNO2S/c1-2-3-12-24-18-9-7-15(8-10-18)19(23)22-11-13-25-20(22)16-5-4-6-17(21)14-16/h4-10,14,20H,2-3,11-13H2,1H3. The number of amides is 1. The molecule has 1 amide bonds. The molecular weight excluding hydrogens is 337 g/mol. The van der Waals surface area contributed by atoms with Crippen LogP contribution in [0.5, 0.6) is 5.75 Å². The summed E-state index contributed by atoms with van der Waals surface area (Å²) in [7, 11) is 0. The van der Waals surface area contributed by atoms with Crippen molar-refractivity contribution in [3.8, 4) is 5.75 Å². The van der Waals surface area contributed by atoms with Crippen LogP contribution in [0.2, 0.25) is 0 Å². The molecule has 0 bridgehead atoms. The third-order valence-corrected chi connectivity index (χ3v) is 5.41. The number of thioether (sulfide) groups is 1. The summed E-state index contributed by atoms with van der Waals surface area (Å²) in [6.07, 6.45) is 2.10. The lowest BCUT2D eigenvalue weighted by atomic mass is 10.1. The zero-order chi connectivity index (χ0) is 17.6. The molecule has 1 saturated heterocycles. The van der Waals surface area contributed by atoms with E-state index in [0.717, 1.165) is 29.9 Å². The van der Waals surface area contributed by atoms with Gasteiger partial charge in [0.05, 0.1) is 6.61 Å². The molecule has 1 unspecified atom stereocenters. The smallest absolute Gasteiger partial charge is 0.255 e. The Morgan fingerprint density at radius 3 is 2.80 bits per heavy atom. The van der Waals surface area contributed by atoms with Crippen LogP contribution in [0.1, 0.15) is 41.1 Å². The van der Waals surface area contributed by atoms with Crippen molar-refractivity contribution in [1.82, 2.24) is 4.90 Å². The molecule has 0 aromatic heterocycles. The molecule has 1 fully saturated rings. The number of ether oxygens (including phenoxy) is 1. The van der Waals surface area contributed by atoms with Crippen molar-refractivity contribution < 1.29 is 13.9 Å². The summed E-state index contributed by atoms with van der Waals surface area (Å²) in [6.45, 7) is 3.47. The molecule has 0 N–H and O–H groups in total. The van der Waals surface area contributed by atoms with Gasteiger partial charge in [-0.05, 0) is 48.4 Å². The lowest BCUT2D eigenvalue weighted by molar-refractivity contribution is 0.0760. The molecule has 1 atom stereocenters. The van der Waals surface area contributed by atoms with Crippen LogP contribution in [0, 0.1) is 5.82 Å². The van der Waals surface area contributed by atoms with Gasteiger partial charge < -0.3 is 9.64 Å². The Kier molecular flexibility index (Phi) is 5.97. The maximum Gasteiger partial charge on any atom is 0.255 e. The summed E-state index contributed by atoms with van der Waals surface area (Å²) in [4.78, 5) is 14.7. The molecule has 25 heavy (non-hydrogen) atoms. The van der Waals surface area contributed by atoms with Gasteiger partial charge in [0, 0.05) is 17.9 Å². The number of unbranched alkanes of at least 4 members (excludes halogenated alkanes) is 1. The van der Waals surface area contributed by atoms with Crippen LogP contribution in [0.4, 0.5) is 4.39 Å². The second-order valence-electron chi connectivity index (χ2n) is 6.00. The average molecular weight is 359 g/mol. The van der Waals surface area contributed by atoms with Crippen molar-refractivity contribution >= 4 is 17.7 Å². The minimum Gasteiger partial charge on any atom is -0.494 e. The highest BCUT2D eigenvalue weighted by Gasteiger charge is 2.31. The molecular formula is C20H22FNO2S. The fourth-order valence-corrected chi connectivity index (χ4v) is 4.05. The van der Waals surface area contributed by atoms with E-state index in [2.05, 4.69) is 6.92 Å². The van der Waals surface area contributed by atoms with Crippen LogP contribution in [0.25, 0.3) is 0 Å². The Balaban J connectivity index is 1.71. The molecule has 0 saturated carbocycles. The molecule has 132 valence electrons. The van der Waals surface area contributed by atoms with Crippen molar-refractivity contribution in [3.05, 3.63) is 65.5 Å². The van der Waals surface area contributed by atoms with Gasteiger partial charge in [-0.3, -0.25) is 4.79 Å². The monoisotopic (exact) mass is 359 g/mol. The van der Waals surface area contributed by atoms with E-state index >= 15 is 0 Å². The SMILES string of the molecule is CCCCOc1ccc(C(=O)N2CCSC2c2cccc(F)c2)cc1. The number of nitrogens with zero attached hydrogens (tertiary/aromatic N) is 1. The van der Waals surface area contributed by atoms with Gasteiger partial charge in [0.1, 0.15) is 16.9 Å². The Morgan fingerprint density at radius 1 is 1.28 bits per heavy atom. The Labute approximate surface area is 152 Å². The van der Waals surface area contributed by atoms with E-state index in [0.29, 0.717) is 18.7 Å². The Bertz CT molecular complexity index is 720. The highest BCUT2D eigenvalue weighted by molar-refractivity contribution is 7.99. The highest BCUT2D eigenvalue weighted by Crippen LogP contribution is 2.38. The van der Waals surface area contributed by atoms with E-state index in [9.17, 15) is 9.18 Å². The number of carbonyl (C=O) groups excluding carboxylic acids is 1. The summed E-state index contributed by atoms with van der Waals surface area (Å²) >= 11 is 1.67. The summed E-state index contributed by atoms with van der Waals surface area (Å²) in [6, 6.07) is 13.8. The molecule has 3 nitrogen and oxygen atoms in total. The largest absolute Gasteiger partial charge is 0.494 e. The highest BCUT2D eigenvalue weighted by atomic mass is 32.2. The Morgan fingerprint density at radius 2 is 2.08 bits per heavy atom. The first-order valence-corrected chi connectivity index (χ1v) is 9.65. The maximum atomic E-state index is 13.5. The average Bonchev–Trinajstić information content (AvgIpc) is 3.12. The molecule has 3 rings (SSSR count). The lowest BCUT2D eigenvalue weighted by Gasteiger charge is -2.24. The van der Waals surface area contributed by atoms with Gasteiger partial charge >= 0.3 is 0 Å². The van der Waals surface area contributed by atoms with Crippen LogP contribution in [-0.2, 0) is 0 Å². The van der Waals surface area contributed by atoms with Crippen molar-refractivity contribution in [2.45, 2.75) is 25.1 Å². The Hall–Kier alpha value is -2.01. The van der Waals surface area contributed by atoms with E-state index < -0.39 is 0 Å². The van der Waals surface area contributed by atoms with Crippen LogP contribution < -0.4 is 4.74 Å². The van der Waals surface area contributed by atoms with Crippen molar-refractivity contribution in [3.63, 3.8) is 0 Å². The molecule has 0 aliphatic carbocycles. The number of carbonyl (C=O) groups is 1. The normalized spacial score (nSPS) is 16.9. The first-order chi connectivity index (χ1) is 12.2. The number of hydrogen-bond acceptors (Lipinski definition) is 3. The second-order valence-corrected chi connectivity index (χ2v) is 7.19. The van der Waals surface area contributed by atoms with Gasteiger partial charge in [-0.25, -0.2) is 4.39 Å². The van der Waals surface area contributed by atoms with Gasteiger partial charge in [0.2, 0.25) is 0 Å². The van der Waals surface area contributed by atoms with Gasteiger partial charge in [0.15, 0.2) is 0 Å². The molecule has 0 spiro atoms. The minimum absolute atomic E-state index is 0.0284. The van der Waals surface area contributed by atoms with E-state index in [4.69, 9.17) is 4.74 Å². The molecule has 1 aliphatic heterocycles. The quantitative estimate of drug-likeness (QED) is 0.688. The zero-order valence-electron chi connectivity index (χ0n) is 14.3. The molecule has 5 heteroatoms. The van der Waals surface area contributed by atoms with Gasteiger partial charge in [-0.2, -0.15) is 0 Å². The molecule has 1 heterocycles. The molecule has 1 aliphatic rings. The van der Waals surface area contributed by atoms with Crippen LogP contribution in [0.15, 0.2) is 48.5 Å². The van der Waals surface area contributed by atoms with Gasteiger partial charge in [-0.1, -0.05) is 25.5 Å². The van der Waals surface area contributed by atoms with Gasteiger partial charge in [-0.15, -0.1) is 11.8 Å². The first kappa shape index (κ1) is 17.8. The van der Waals surface area contributed by atoms with Crippen molar-refractivity contribution in [1.29, 1.82) is 0 Å². The van der Waals surface area contributed by atoms with E-state index in [1.54, 1.807) is 30.0 Å². The van der Waals surface area contributed by atoms with Crippen LogP contribution >= 0.6 is 11.8 Å². The van der Waals surface area contributed by atoms with Crippen molar-refractivity contribution in [2.24, 2.45) is 0 Å². The summed E-state index contributed by atoms with van der Waals surface area (Å²) in [5.41, 5.74) is 1.46. The number of halogens is 1. The minimum atomic E-state index is -0.272. The van der Waals surface area contributed by atoms with E-state index in [1.165, 1.54) is 12.1 Å². The summed E-state index contributed by atoms with van der Waals surface area (Å²) < 4.78 is 19.2. The first-order valence-electron chi connectivity index (χ1n) is 8.60. The predicted molar refractivity (Wildman–Crippen MR) is 99.5 cm³/mol. The third-order valence-electron chi connectivity index (χ3n) is 4.15. The fourth-order valence-electron chi connectivity index (χ4n) is 2.81. The lowest BCUT2D eigenvalue weighted by Crippen LogP contribution is -2.30. The summed E-state index contributed by atoms with van der Waals surface area (Å²) in [5.74, 6) is 1.33. The molecule has 0 radical (unpaired) electrons. The summed E-state index contributed by atoms with van der Waals surface area (Å²) in [5, 5.41) is -0.135. The van der Waals surface area contributed by atoms with Crippen LogP contribution in [-0.4, -0.2) is 29.7 Å². The number of hydrogen-bond donors (Lipinski definition) is 0. The molecule has 2 aromatic rings. The third kappa shape index (κ3) is 4.34.